The molecule has 0 radical (unpaired) electrons. The first-order valence-corrected chi connectivity index (χ1v) is 7.62. The second-order valence-electron chi connectivity index (χ2n) is 5.56. The summed E-state index contributed by atoms with van der Waals surface area (Å²) in [4.78, 5) is 14.6. The Hall–Kier alpha value is -2.70. The number of amides is 1. The third-order valence-electron chi connectivity index (χ3n) is 4.23. The molecule has 1 aromatic carbocycles. The zero-order valence-corrected chi connectivity index (χ0v) is 14.2. The lowest BCUT2D eigenvalue weighted by molar-refractivity contribution is 0.0715. The van der Waals surface area contributed by atoms with E-state index in [-0.39, 0.29) is 5.91 Å². The van der Waals surface area contributed by atoms with E-state index < -0.39 is 0 Å². The number of nitrogens with zero attached hydrogens (tertiary/aromatic N) is 2. The first-order chi connectivity index (χ1) is 11.6. The number of ether oxygens (including phenoxy) is 3. The molecule has 0 spiro atoms. The summed E-state index contributed by atoms with van der Waals surface area (Å²) in [5.41, 5.74) is 2.47. The third kappa shape index (κ3) is 2.66. The first-order valence-electron chi connectivity index (χ1n) is 7.62. The number of methoxy groups -OCH3 is 3. The largest absolute Gasteiger partial charge is 0.493 e. The van der Waals surface area contributed by atoms with Crippen molar-refractivity contribution in [2.45, 2.75) is 19.9 Å². The summed E-state index contributed by atoms with van der Waals surface area (Å²) in [6, 6.07) is 3.32. The number of aryl methyl sites for hydroxylation is 1. The number of hydrogen-bond acceptors (Lipinski definition) is 6. The van der Waals surface area contributed by atoms with Crippen molar-refractivity contribution in [1.29, 1.82) is 0 Å². The van der Waals surface area contributed by atoms with Crippen molar-refractivity contribution in [3.05, 3.63) is 34.7 Å². The SMILES string of the molecule is COc1cc(C(=O)N2CCc3c(C)noc3C2)cc(OC)c1OC. The van der Waals surface area contributed by atoms with E-state index in [0.717, 1.165) is 23.4 Å². The van der Waals surface area contributed by atoms with Gasteiger partial charge < -0.3 is 23.6 Å². The summed E-state index contributed by atoms with van der Waals surface area (Å²) in [5.74, 6) is 2.00. The maximum atomic E-state index is 12.9. The second-order valence-corrected chi connectivity index (χ2v) is 5.56. The van der Waals surface area contributed by atoms with Crippen molar-refractivity contribution in [2.75, 3.05) is 27.9 Å². The zero-order chi connectivity index (χ0) is 17.3. The van der Waals surface area contributed by atoms with Crippen LogP contribution >= 0.6 is 0 Å². The van der Waals surface area contributed by atoms with Gasteiger partial charge in [0.25, 0.3) is 5.91 Å². The van der Waals surface area contributed by atoms with Gasteiger partial charge in [-0.05, 0) is 25.5 Å². The molecule has 24 heavy (non-hydrogen) atoms. The van der Waals surface area contributed by atoms with Gasteiger partial charge in [0, 0.05) is 17.7 Å². The summed E-state index contributed by atoms with van der Waals surface area (Å²) in [5, 5.41) is 3.97. The Morgan fingerprint density at radius 2 is 1.83 bits per heavy atom. The number of carbonyl (C=O) groups is 1. The summed E-state index contributed by atoms with van der Waals surface area (Å²) >= 11 is 0. The van der Waals surface area contributed by atoms with Gasteiger partial charge in [0.05, 0.1) is 33.6 Å². The predicted molar refractivity (Wildman–Crippen MR) is 85.8 cm³/mol. The number of hydrogen-bond donors (Lipinski definition) is 0. The highest BCUT2D eigenvalue weighted by molar-refractivity contribution is 5.95. The molecule has 0 saturated heterocycles. The van der Waals surface area contributed by atoms with Gasteiger partial charge in [-0.25, -0.2) is 0 Å². The minimum atomic E-state index is -0.117. The fraction of sp³-hybridized carbons (Fsp3) is 0.412. The van der Waals surface area contributed by atoms with E-state index in [1.54, 1.807) is 17.0 Å². The van der Waals surface area contributed by atoms with Gasteiger partial charge in [-0.15, -0.1) is 0 Å². The van der Waals surface area contributed by atoms with Crippen molar-refractivity contribution in [1.82, 2.24) is 10.1 Å². The zero-order valence-electron chi connectivity index (χ0n) is 14.2. The van der Waals surface area contributed by atoms with Crippen molar-refractivity contribution < 1.29 is 23.5 Å². The number of fused-ring (bicyclic) bond motifs is 1. The molecule has 1 aliphatic rings. The number of rotatable bonds is 4. The third-order valence-corrected chi connectivity index (χ3v) is 4.23. The first kappa shape index (κ1) is 16.2. The fourth-order valence-corrected chi connectivity index (χ4v) is 2.94. The average molecular weight is 332 g/mol. The number of benzene rings is 1. The Kier molecular flexibility index (Phi) is 4.33. The van der Waals surface area contributed by atoms with Crippen molar-refractivity contribution in [3.63, 3.8) is 0 Å². The van der Waals surface area contributed by atoms with E-state index >= 15 is 0 Å². The molecule has 2 aromatic rings. The van der Waals surface area contributed by atoms with E-state index in [9.17, 15) is 4.79 Å². The van der Waals surface area contributed by atoms with E-state index in [0.29, 0.717) is 35.9 Å². The van der Waals surface area contributed by atoms with Crippen molar-refractivity contribution in [3.8, 4) is 17.2 Å². The predicted octanol–water partition coefficient (Wildman–Crippen LogP) is 2.21. The molecule has 1 aromatic heterocycles. The standard InChI is InChI=1S/C17H20N2O5/c1-10-12-5-6-19(9-15(12)24-18-10)17(20)11-7-13(21-2)16(23-4)14(8-11)22-3/h7-8H,5-6,9H2,1-4H3. The number of carbonyl (C=O) groups excluding carboxylic acids is 1. The highest BCUT2D eigenvalue weighted by Gasteiger charge is 2.27. The molecule has 0 saturated carbocycles. The maximum absolute atomic E-state index is 12.9. The van der Waals surface area contributed by atoms with Crippen LogP contribution in [-0.2, 0) is 13.0 Å². The highest BCUT2D eigenvalue weighted by Crippen LogP contribution is 2.38. The monoisotopic (exact) mass is 332 g/mol. The average Bonchev–Trinajstić information content (AvgIpc) is 3.00. The van der Waals surface area contributed by atoms with Crippen LogP contribution in [-0.4, -0.2) is 43.8 Å². The number of aromatic nitrogens is 1. The van der Waals surface area contributed by atoms with Crippen LogP contribution in [0.4, 0.5) is 0 Å². The van der Waals surface area contributed by atoms with Crippen LogP contribution in [0.25, 0.3) is 0 Å². The Balaban J connectivity index is 1.90. The van der Waals surface area contributed by atoms with Gasteiger partial charge in [0.15, 0.2) is 17.3 Å². The fourth-order valence-electron chi connectivity index (χ4n) is 2.94. The van der Waals surface area contributed by atoms with E-state index in [2.05, 4.69) is 5.16 Å². The molecule has 0 atom stereocenters. The van der Waals surface area contributed by atoms with Crippen LogP contribution in [0, 0.1) is 6.92 Å². The van der Waals surface area contributed by atoms with Crippen LogP contribution in [0.5, 0.6) is 17.2 Å². The van der Waals surface area contributed by atoms with Gasteiger partial charge in [-0.2, -0.15) is 0 Å². The second kappa shape index (κ2) is 6.43. The summed E-state index contributed by atoms with van der Waals surface area (Å²) in [6.45, 7) is 2.94. The molecule has 0 fully saturated rings. The molecular formula is C17H20N2O5. The highest BCUT2D eigenvalue weighted by atomic mass is 16.5. The molecule has 7 heteroatoms. The molecule has 3 rings (SSSR count). The minimum Gasteiger partial charge on any atom is -0.493 e. The van der Waals surface area contributed by atoms with Crippen LogP contribution in [0.1, 0.15) is 27.4 Å². The van der Waals surface area contributed by atoms with Gasteiger partial charge >= 0.3 is 0 Å². The maximum Gasteiger partial charge on any atom is 0.254 e. The van der Waals surface area contributed by atoms with Gasteiger partial charge in [0.1, 0.15) is 0 Å². The van der Waals surface area contributed by atoms with E-state index in [1.807, 2.05) is 6.92 Å². The van der Waals surface area contributed by atoms with E-state index in [1.165, 1.54) is 21.3 Å². The molecule has 0 bridgehead atoms. The quantitative estimate of drug-likeness (QED) is 0.854. The molecule has 0 N–H and O–H groups in total. The van der Waals surface area contributed by atoms with Crippen LogP contribution in [0.15, 0.2) is 16.7 Å². The molecule has 1 amide bonds. The molecule has 128 valence electrons. The lowest BCUT2D eigenvalue weighted by Gasteiger charge is -2.26. The van der Waals surface area contributed by atoms with Gasteiger partial charge in [-0.3, -0.25) is 4.79 Å². The van der Waals surface area contributed by atoms with Crippen LogP contribution in [0.2, 0.25) is 0 Å². The van der Waals surface area contributed by atoms with Crippen molar-refractivity contribution >= 4 is 5.91 Å². The van der Waals surface area contributed by atoms with Crippen LogP contribution in [0.3, 0.4) is 0 Å². The molecular weight excluding hydrogens is 312 g/mol. The molecule has 7 nitrogen and oxygen atoms in total. The van der Waals surface area contributed by atoms with Gasteiger partial charge in [0.2, 0.25) is 5.75 Å². The van der Waals surface area contributed by atoms with Crippen LogP contribution < -0.4 is 14.2 Å². The Bertz CT molecular complexity index is 743. The summed E-state index contributed by atoms with van der Waals surface area (Å²) in [6.07, 6.45) is 0.737. The normalized spacial score (nSPS) is 13.4. The topological polar surface area (TPSA) is 74.0 Å². The van der Waals surface area contributed by atoms with E-state index in [4.69, 9.17) is 18.7 Å². The Labute approximate surface area is 140 Å². The minimum absolute atomic E-state index is 0.117. The molecule has 0 unspecified atom stereocenters. The Morgan fingerprint density at radius 3 is 2.42 bits per heavy atom. The van der Waals surface area contributed by atoms with Crippen molar-refractivity contribution in [2.24, 2.45) is 0 Å². The van der Waals surface area contributed by atoms with Gasteiger partial charge in [-0.1, -0.05) is 5.16 Å². The molecule has 2 heterocycles. The summed E-state index contributed by atoms with van der Waals surface area (Å²) < 4.78 is 21.2. The lowest BCUT2D eigenvalue weighted by atomic mass is 10.0. The molecule has 0 aliphatic carbocycles. The smallest absolute Gasteiger partial charge is 0.254 e. The Morgan fingerprint density at radius 1 is 1.17 bits per heavy atom. The molecule has 1 aliphatic heterocycles. The lowest BCUT2D eigenvalue weighted by Crippen LogP contribution is -2.35. The summed E-state index contributed by atoms with van der Waals surface area (Å²) in [7, 11) is 4.58.